The van der Waals surface area contributed by atoms with Crippen LogP contribution in [0.2, 0.25) is 0 Å². The SMILES string of the molecule is CC#CCNS(=O)(=O)c1cc(C(=O)O)oc1Br. The van der Waals surface area contributed by atoms with E-state index in [9.17, 15) is 13.2 Å². The number of furan rings is 1. The van der Waals surface area contributed by atoms with Gasteiger partial charge in [0, 0.05) is 6.07 Å². The monoisotopic (exact) mass is 321 g/mol. The largest absolute Gasteiger partial charge is 0.475 e. The normalized spacial score (nSPS) is 10.7. The van der Waals surface area contributed by atoms with Crippen LogP contribution >= 0.6 is 15.9 Å². The standard InChI is InChI=1S/C9H8BrNO5S/c1-2-3-4-11-17(14,15)7-5-6(9(12)13)16-8(7)10/h5,11H,4H2,1H3,(H,12,13). The number of aromatic carboxylic acids is 1. The van der Waals surface area contributed by atoms with Gasteiger partial charge in [0.2, 0.25) is 15.8 Å². The quantitative estimate of drug-likeness (QED) is 0.808. The lowest BCUT2D eigenvalue weighted by atomic mass is 10.5. The van der Waals surface area contributed by atoms with Crippen molar-refractivity contribution >= 4 is 31.9 Å². The highest BCUT2D eigenvalue weighted by atomic mass is 79.9. The smallest absolute Gasteiger partial charge is 0.371 e. The molecule has 0 fully saturated rings. The van der Waals surface area contributed by atoms with Gasteiger partial charge in [-0.2, -0.15) is 4.72 Å². The van der Waals surface area contributed by atoms with E-state index in [0.717, 1.165) is 6.07 Å². The molecule has 0 aromatic carbocycles. The Kier molecular flexibility index (Phi) is 4.34. The first-order valence-corrected chi connectivity index (χ1v) is 6.58. The Balaban J connectivity index is 3.05. The lowest BCUT2D eigenvalue weighted by molar-refractivity contribution is 0.0661. The second-order valence-electron chi connectivity index (χ2n) is 2.81. The molecule has 0 radical (unpaired) electrons. The Labute approximate surface area is 106 Å². The molecule has 8 heteroatoms. The van der Waals surface area contributed by atoms with Gasteiger partial charge in [-0.25, -0.2) is 13.2 Å². The number of halogens is 1. The van der Waals surface area contributed by atoms with Crippen LogP contribution in [0.4, 0.5) is 0 Å². The summed E-state index contributed by atoms with van der Waals surface area (Å²) in [5, 5.41) is 8.65. The summed E-state index contributed by atoms with van der Waals surface area (Å²) in [5.74, 6) is 3.24. The number of hydrogen-bond acceptors (Lipinski definition) is 4. The van der Waals surface area contributed by atoms with Gasteiger partial charge in [0.05, 0.1) is 6.54 Å². The minimum atomic E-state index is -3.83. The Morgan fingerprint density at radius 1 is 1.65 bits per heavy atom. The number of nitrogens with one attached hydrogen (secondary N) is 1. The number of carboxylic acids is 1. The molecule has 0 aliphatic rings. The third-order valence-electron chi connectivity index (χ3n) is 1.68. The van der Waals surface area contributed by atoms with Crippen molar-refractivity contribution in [2.75, 3.05) is 6.54 Å². The zero-order valence-electron chi connectivity index (χ0n) is 8.65. The average molecular weight is 322 g/mol. The molecule has 0 aliphatic heterocycles. The van der Waals surface area contributed by atoms with Crippen molar-refractivity contribution in [2.45, 2.75) is 11.8 Å². The molecule has 92 valence electrons. The van der Waals surface area contributed by atoms with Crippen molar-refractivity contribution in [3.8, 4) is 11.8 Å². The zero-order chi connectivity index (χ0) is 13.1. The number of rotatable bonds is 4. The molecule has 0 amide bonds. The molecule has 0 spiro atoms. The van der Waals surface area contributed by atoms with Crippen LogP contribution < -0.4 is 4.72 Å². The van der Waals surface area contributed by atoms with E-state index in [2.05, 4.69) is 32.5 Å². The molecular weight excluding hydrogens is 314 g/mol. The van der Waals surface area contributed by atoms with Crippen LogP contribution in [0.3, 0.4) is 0 Å². The van der Waals surface area contributed by atoms with E-state index in [1.165, 1.54) is 0 Å². The number of carboxylic acid groups (broad SMARTS) is 1. The van der Waals surface area contributed by atoms with Gasteiger partial charge in [-0.3, -0.25) is 0 Å². The molecule has 6 nitrogen and oxygen atoms in total. The second kappa shape index (κ2) is 5.35. The van der Waals surface area contributed by atoms with Crippen molar-refractivity contribution in [1.29, 1.82) is 0 Å². The maximum Gasteiger partial charge on any atom is 0.371 e. The molecule has 1 rings (SSSR count). The van der Waals surface area contributed by atoms with Crippen LogP contribution in [0, 0.1) is 11.8 Å². The molecule has 1 heterocycles. The summed E-state index contributed by atoms with van der Waals surface area (Å²) in [6.07, 6.45) is 0. The third kappa shape index (κ3) is 3.33. The lowest BCUT2D eigenvalue weighted by Crippen LogP contribution is -2.23. The minimum Gasteiger partial charge on any atom is -0.475 e. The molecule has 1 aromatic heterocycles. The van der Waals surface area contributed by atoms with E-state index in [1.807, 2.05) is 0 Å². The first-order chi connectivity index (χ1) is 7.88. The lowest BCUT2D eigenvalue weighted by Gasteiger charge is -2.00. The van der Waals surface area contributed by atoms with E-state index in [-0.39, 0.29) is 16.1 Å². The highest BCUT2D eigenvalue weighted by Crippen LogP contribution is 2.25. The van der Waals surface area contributed by atoms with E-state index in [0.29, 0.717) is 0 Å². The summed E-state index contributed by atoms with van der Waals surface area (Å²) >= 11 is 2.85. The van der Waals surface area contributed by atoms with E-state index in [4.69, 9.17) is 9.52 Å². The number of sulfonamides is 1. The van der Waals surface area contributed by atoms with Gasteiger partial charge in [0.1, 0.15) is 4.90 Å². The van der Waals surface area contributed by atoms with Crippen molar-refractivity contribution in [3.05, 3.63) is 16.5 Å². The highest BCUT2D eigenvalue weighted by molar-refractivity contribution is 9.10. The van der Waals surface area contributed by atoms with E-state index < -0.39 is 21.8 Å². The van der Waals surface area contributed by atoms with Gasteiger partial charge in [0.25, 0.3) is 0 Å². The molecular formula is C9H8BrNO5S. The molecule has 0 saturated carbocycles. The molecule has 1 aromatic rings. The van der Waals surface area contributed by atoms with Crippen molar-refractivity contribution in [3.63, 3.8) is 0 Å². The Morgan fingerprint density at radius 2 is 2.29 bits per heavy atom. The molecule has 0 unspecified atom stereocenters. The van der Waals surface area contributed by atoms with Crippen LogP contribution in [0.5, 0.6) is 0 Å². The summed E-state index contributed by atoms with van der Waals surface area (Å²) in [5.41, 5.74) is 0. The Hall–Kier alpha value is -1.30. The molecule has 0 bridgehead atoms. The van der Waals surface area contributed by atoms with Crippen LogP contribution in [0.15, 0.2) is 20.0 Å². The molecule has 0 saturated heterocycles. The molecule has 0 atom stereocenters. The average Bonchev–Trinajstić information content (AvgIpc) is 2.61. The predicted molar refractivity (Wildman–Crippen MR) is 62.0 cm³/mol. The molecule has 0 aliphatic carbocycles. The first-order valence-electron chi connectivity index (χ1n) is 4.30. The number of carbonyl (C=O) groups is 1. The van der Waals surface area contributed by atoms with Gasteiger partial charge in [0.15, 0.2) is 4.67 Å². The zero-order valence-corrected chi connectivity index (χ0v) is 11.1. The van der Waals surface area contributed by atoms with Crippen molar-refractivity contribution in [2.24, 2.45) is 0 Å². The van der Waals surface area contributed by atoms with Gasteiger partial charge >= 0.3 is 5.97 Å². The number of hydrogen-bond donors (Lipinski definition) is 2. The second-order valence-corrected chi connectivity index (χ2v) is 5.26. The van der Waals surface area contributed by atoms with Gasteiger partial charge < -0.3 is 9.52 Å². The van der Waals surface area contributed by atoms with Crippen molar-refractivity contribution in [1.82, 2.24) is 4.72 Å². The Bertz CT molecular complexity index is 593. The fraction of sp³-hybridized carbons (Fsp3) is 0.222. The van der Waals surface area contributed by atoms with Gasteiger partial charge in [-0.15, -0.1) is 5.92 Å². The van der Waals surface area contributed by atoms with Crippen LogP contribution in [-0.4, -0.2) is 26.0 Å². The fourth-order valence-electron chi connectivity index (χ4n) is 0.938. The topological polar surface area (TPSA) is 96.6 Å². The predicted octanol–water partition coefficient (Wildman–Crippen LogP) is 1.04. The third-order valence-corrected chi connectivity index (χ3v) is 3.94. The van der Waals surface area contributed by atoms with Crippen LogP contribution in [-0.2, 0) is 10.0 Å². The summed E-state index contributed by atoms with van der Waals surface area (Å²) < 4.78 is 30.2. The fourth-order valence-corrected chi connectivity index (χ4v) is 2.80. The first kappa shape index (κ1) is 13.8. The van der Waals surface area contributed by atoms with Crippen molar-refractivity contribution < 1.29 is 22.7 Å². The van der Waals surface area contributed by atoms with Crippen LogP contribution in [0.1, 0.15) is 17.5 Å². The molecule has 2 N–H and O–H groups in total. The maximum atomic E-state index is 11.7. The highest BCUT2D eigenvalue weighted by Gasteiger charge is 2.24. The van der Waals surface area contributed by atoms with E-state index >= 15 is 0 Å². The summed E-state index contributed by atoms with van der Waals surface area (Å²) in [6, 6.07) is 0.925. The summed E-state index contributed by atoms with van der Waals surface area (Å²) in [7, 11) is -3.83. The van der Waals surface area contributed by atoms with Gasteiger partial charge in [-0.1, -0.05) is 5.92 Å². The minimum absolute atomic E-state index is 0.0567. The van der Waals surface area contributed by atoms with E-state index in [1.54, 1.807) is 6.92 Å². The summed E-state index contributed by atoms with van der Waals surface area (Å²) in [4.78, 5) is 10.3. The maximum absolute atomic E-state index is 11.7. The van der Waals surface area contributed by atoms with Gasteiger partial charge in [-0.05, 0) is 22.9 Å². The molecule has 17 heavy (non-hydrogen) atoms. The Morgan fingerprint density at radius 3 is 2.76 bits per heavy atom. The summed E-state index contributed by atoms with van der Waals surface area (Å²) in [6.45, 7) is 1.52. The van der Waals surface area contributed by atoms with Crippen LogP contribution in [0.25, 0.3) is 0 Å².